The standard InChI is InChI=1S/C11H14N2O3/c14-9-2-1-5-13(7-9)10-6-8(11(15)16)3-4-12-10/h3-4,6,9,14H,1-2,5,7H2,(H,15,16). The maximum atomic E-state index is 10.8. The van der Waals surface area contributed by atoms with Crippen LogP contribution < -0.4 is 4.90 Å². The summed E-state index contributed by atoms with van der Waals surface area (Å²) in [5.41, 5.74) is 0.227. The molecule has 1 aromatic heterocycles. The molecule has 2 heterocycles. The molecule has 5 heteroatoms. The van der Waals surface area contributed by atoms with Crippen molar-refractivity contribution in [2.75, 3.05) is 18.0 Å². The summed E-state index contributed by atoms with van der Waals surface area (Å²) in [5.74, 6) is -0.333. The van der Waals surface area contributed by atoms with E-state index < -0.39 is 5.97 Å². The zero-order valence-corrected chi connectivity index (χ0v) is 8.83. The second-order valence-electron chi connectivity index (χ2n) is 3.95. The molecule has 1 aliphatic heterocycles. The molecule has 0 saturated carbocycles. The number of pyridine rings is 1. The lowest BCUT2D eigenvalue weighted by molar-refractivity contribution is 0.0697. The second kappa shape index (κ2) is 4.49. The Kier molecular flexibility index (Phi) is 3.05. The molecule has 1 unspecified atom stereocenters. The van der Waals surface area contributed by atoms with Gasteiger partial charge in [0.1, 0.15) is 5.82 Å². The van der Waals surface area contributed by atoms with Gasteiger partial charge in [0.15, 0.2) is 0 Å². The number of carboxylic acid groups (broad SMARTS) is 1. The summed E-state index contributed by atoms with van der Waals surface area (Å²) in [6.07, 6.45) is 2.85. The van der Waals surface area contributed by atoms with Gasteiger partial charge >= 0.3 is 5.97 Å². The number of aliphatic hydroxyl groups excluding tert-OH is 1. The summed E-state index contributed by atoms with van der Waals surface area (Å²) in [6, 6.07) is 3.01. The van der Waals surface area contributed by atoms with Crippen LogP contribution in [0.4, 0.5) is 5.82 Å². The van der Waals surface area contributed by atoms with Crippen LogP contribution in [0.2, 0.25) is 0 Å². The molecular formula is C11H14N2O3. The number of rotatable bonds is 2. The summed E-state index contributed by atoms with van der Waals surface area (Å²) in [7, 11) is 0. The van der Waals surface area contributed by atoms with Crippen molar-refractivity contribution >= 4 is 11.8 Å². The van der Waals surface area contributed by atoms with Crippen LogP contribution >= 0.6 is 0 Å². The average molecular weight is 222 g/mol. The van der Waals surface area contributed by atoms with Gasteiger partial charge in [-0.25, -0.2) is 9.78 Å². The van der Waals surface area contributed by atoms with Gasteiger partial charge in [0.2, 0.25) is 0 Å². The van der Waals surface area contributed by atoms with Gasteiger partial charge < -0.3 is 15.1 Å². The minimum atomic E-state index is -0.957. The molecule has 1 fully saturated rings. The third-order valence-electron chi connectivity index (χ3n) is 2.71. The van der Waals surface area contributed by atoms with Crippen LogP contribution in [0.25, 0.3) is 0 Å². The van der Waals surface area contributed by atoms with E-state index in [2.05, 4.69) is 4.98 Å². The van der Waals surface area contributed by atoms with E-state index in [1.807, 2.05) is 4.90 Å². The summed E-state index contributed by atoms with van der Waals surface area (Å²) in [5, 5.41) is 18.4. The fraction of sp³-hybridized carbons (Fsp3) is 0.455. The summed E-state index contributed by atoms with van der Waals surface area (Å²) in [4.78, 5) is 16.9. The fourth-order valence-electron chi connectivity index (χ4n) is 1.89. The van der Waals surface area contributed by atoms with Gasteiger partial charge in [0.25, 0.3) is 0 Å². The average Bonchev–Trinajstić information content (AvgIpc) is 2.29. The molecule has 0 amide bonds. The molecule has 86 valence electrons. The molecule has 0 spiro atoms. The molecule has 1 saturated heterocycles. The van der Waals surface area contributed by atoms with Gasteiger partial charge in [0.05, 0.1) is 11.7 Å². The lowest BCUT2D eigenvalue weighted by Crippen LogP contribution is -2.38. The van der Waals surface area contributed by atoms with E-state index >= 15 is 0 Å². The first-order valence-corrected chi connectivity index (χ1v) is 5.29. The zero-order valence-electron chi connectivity index (χ0n) is 8.83. The number of aliphatic hydroxyl groups is 1. The Labute approximate surface area is 93.3 Å². The SMILES string of the molecule is O=C(O)c1ccnc(N2CCCC(O)C2)c1. The van der Waals surface area contributed by atoms with Crippen LogP contribution in [0, 0.1) is 0 Å². The van der Waals surface area contributed by atoms with E-state index in [9.17, 15) is 9.90 Å². The lowest BCUT2D eigenvalue weighted by Gasteiger charge is -2.31. The number of hydrogen-bond acceptors (Lipinski definition) is 4. The maximum Gasteiger partial charge on any atom is 0.335 e. The van der Waals surface area contributed by atoms with Crippen molar-refractivity contribution in [2.24, 2.45) is 0 Å². The number of nitrogens with zero attached hydrogens (tertiary/aromatic N) is 2. The van der Waals surface area contributed by atoms with Crippen LogP contribution in [-0.4, -0.2) is 40.4 Å². The highest BCUT2D eigenvalue weighted by molar-refractivity contribution is 5.88. The first kappa shape index (κ1) is 10.9. The highest BCUT2D eigenvalue weighted by Gasteiger charge is 2.19. The summed E-state index contributed by atoms with van der Waals surface area (Å²) >= 11 is 0. The minimum Gasteiger partial charge on any atom is -0.478 e. The van der Waals surface area contributed by atoms with Crippen molar-refractivity contribution in [1.82, 2.24) is 4.98 Å². The number of aromatic nitrogens is 1. The monoisotopic (exact) mass is 222 g/mol. The van der Waals surface area contributed by atoms with E-state index in [0.717, 1.165) is 19.4 Å². The largest absolute Gasteiger partial charge is 0.478 e. The molecule has 2 N–H and O–H groups in total. The van der Waals surface area contributed by atoms with Crippen molar-refractivity contribution in [3.8, 4) is 0 Å². The minimum absolute atomic E-state index is 0.227. The van der Waals surface area contributed by atoms with Gasteiger partial charge in [-0.2, -0.15) is 0 Å². The van der Waals surface area contributed by atoms with Crippen LogP contribution in [-0.2, 0) is 0 Å². The first-order chi connectivity index (χ1) is 7.66. The first-order valence-electron chi connectivity index (χ1n) is 5.29. The number of piperidine rings is 1. The van der Waals surface area contributed by atoms with Gasteiger partial charge in [-0.1, -0.05) is 0 Å². The van der Waals surface area contributed by atoms with Gasteiger partial charge in [-0.3, -0.25) is 0 Å². The Morgan fingerprint density at radius 2 is 2.38 bits per heavy atom. The van der Waals surface area contributed by atoms with Crippen LogP contribution in [0.15, 0.2) is 18.3 Å². The van der Waals surface area contributed by atoms with Gasteiger partial charge in [-0.15, -0.1) is 0 Å². The zero-order chi connectivity index (χ0) is 11.5. The number of β-amino-alcohol motifs (C(OH)–C–C–N with tert-alkyl or cyclic N) is 1. The Hall–Kier alpha value is -1.62. The Morgan fingerprint density at radius 3 is 3.06 bits per heavy atom. The van der Waals surface area contributed by atoms with E-state index in [-0.39, 0.29) is 11.7 Å². The number of carbonyl (C=O) groups is 1. The number of carboxylic acids is 1. The summed E-state index contributed by atoms with van der Waals surface area (Å²) < 4.78 is 0. The molecule has 2 rings (SSSR count). The summed E-state index contributed by atoms with van der Waals surface area (Å²) in [6.45, 7) is 1.34. The molecule has 0 radical (unpaired) electrons. The topological polar surface area (TPSA) is 73.7 Å². The van der Waals surface area contributed by atoms with Crippen molar-refractivity contribution < 1.29 is 15.0 Å². The lowest BCUT2D eigenvalue weighted by atomic mass is 10.1. The van der Waals surface area contributed by atoms with Crippen molar-refractivity contribution in [3.05, 3.63) is 23.9 Å². The third kappa shape index (κ3) is 2.30. The quantitative estimate of drug-likeness (QED) is 0.772. The predicted molar refractivity (Wildman–Crippen MR) is 58.7 cm³/mol. The van der Waals surface area contributed by atoms with Gasteiger partial charge in [0, 0.05) is 19.3 Å². The highest BCUT2D eigenvalue weighted by Crippen LogP contribution is 2.18. The Morgan fingerprint density at radius 1 is 1.56 bits per heavy atom. The molecule has 16 heavy (non-hydrogen) atoms. The van der Waals surface area contributed by atoms with Crippen LogP contribution in [0.1, 0.15) is 23.2 Å². The number of anilines is 1. The highest BCUT2D eigenvalue weighted by atomic mass is 16.4. The Balaban J connectivity index is 2.19. The van der Waals surface area contributed by atoms with E-state index in [4.69, 9.17) is 5.11 Å². The molecule has 0 aliphatic carbocycles. The number of aromatic carboxylic acids is 1. The van der Waals surface area contributed by atoms with E-state index in [0.29, 0.717) is 12.4 Å². The maximum absolute atomic E-state index is 10.8. The second-order valence-corrected chi connectivity index (χ2v) is 3.95. The predicted octanol–water partition coefficient (Wildman–Crippen LogP) is 0.741. The van der Waals surface area contributed by atoms with E-state index in [1.54, 1.807) is 6.07 Å². The molecule has 1 atom stereocenters. The van der Waals surface area contributed by atoms with E-state index in [1.165, 1.54) is 12.3 Å². The molecule has 1 aromatic rings. The normalized spacial score (nSPS) is 20.8. The van der Waals surface area contributed by atoms with Gasteiger partial charge in [-0.05, 0) is 25.0 Å². The molecule has 1 aliphatic rings. The van der Waals surface area contributed by atoms with Crippen LogP contribution in [0.3, 0.4) is 0 Å². The molecule has 0 bridgehead atoms. The molecule has 0 aromatic carbocycles. The third-order valence-corrected chi connectivity index (χ3v) is 2.71. The van der Waals surface area contributed by atoms with Crippen molar-refractivity contribution in [2.45, 2.75) is 18.9 Å². The van der Waals surface area contributed by atoms with Crippen molar-refractivity contribution in [1.29, 1.82) is 0 Å². The Bertz CT molecular complexity index is 395. The van der Waals surface area contributed by atoms with Crippen LogP contribution in [0.5, 0.6) is 0 Å². The molecule has 5 nitrogen and oxygen atoms in total. The fourth-order valence-corrected chi connectivity index (χ4v) is 1.89. The van der Waals surface area contributed by atoms with Crippen molar-refractivity contribution in [3.63, 3.8) is 0 Å². The molecular weight excluding hydrogens is 208 g/mol. The smallest absolute Gasteiger partial charge is 0.335 e. The number of hydrogen-bond donors (Lipinski definition) is 2.